The molecule has 0 aliphatic heterocycles. The molecule has 0 saturated heterocycles. The summed E-state index contributed by atoms with van der Waals surface area (Å²) >= 11 is 0. The number of hydrogen-bond donors (Lipinski definition) is 0. The van der Waals surface area contributed by atoms with E-state index in [4.69, 9.17) is 0 Å². The van der Waals surface area contributed by atoms with E-state index in [1.165, 1.54) is 30.1 Å². The van der Waals surface area contributed by atoms with Crippen molar-refractivity contribution < 1.29 is 18.1 Å². The van der Waals surface area contributed by atoms with Crippen LogP contribution in [0.15, 0.2) is 41.3 Å². The maximum Gasteiger partial charge on any atom is 0.270 e. The maximum absolute atomic E-state index is 12.5. The number of carbonyl (C=O) groups excluding carboxylic acids is 1. The smallest absolute Gasteiger partial charge is 0.270 e. The fourth-order valence-corrected chi connectivity index (χ4v) is 3.18. The van der Waals surface area contributed by atoms with Crippen molar-refractivity contribution in [3.63, 3.8) is 0 Å². The largest absolute Gasteiger partial charge is 0.338 e. The van der Waals surface area contributed by atoms with Crippen LogP contribution in [0, 0.1) is 10.1 Å². The second-order valence-electron chi connectivity index (χ2n) is 5.38. The van der Waals surface area contributed by atoms with Crippen LogP contribution < -0.4 is 0 Å². The molecule has 0 heterocycles. The first-order chi connectivity index (χ1) is 11.1. The molecule has 132 valence electrons. The molecule has 0 N–H and O–H groups in total. The molecular weight excluding hydrogens is 334 g/mol. The third kappa shape index (κ3) is 4.87. The van der Waals surface area contributed by atoms with E-state index < -0.39 is 14.9 Å². The minimum Gasteiger partial charge on any atom is -0.338 e. The minimum absolute atomic E-state index is 0.227. The first-order valence-electron chi connectivity index (χ1n) is 7.22. The number of non-ortho nitro benzene ring substituents is 1. The molecule has 1 aromatic carbocycles. The van der Waals surface area contributed by atoms with Gasteiger partial charge in [0.15, 0.2) is 0 Å². The Kier molecular flexibility index (Phi) is 6.61. The predicted molar refractivity (Wildman–Crippen MR) is 90.0 cm³/mol. The molecule has 1 rings (SSSR count). The highest BCUT2D eigenvalue weighted by Gasteiger charge is 2.26. The summed E-state index contributed by atoms with van der Waals surface area (Å²) in [4.78, 5) is 23.6. The normalized spacial score (nSPS) is 11.3. The van der Waals surface area contributed by atoms with Gasteiger partial charge in [0.2, 0.25) is 15.9 Å². The Morgan fingerprint density at radius 1 is 1.33 bits per heavy atom. The lowest BCUT2D eigenvalue weighted by Crippen LogP contribution is -2.41. The van der Waals surface area contributed by atoms with Gasteiger partial charge in [0.25, 0.3) is 5.69 Å². The summed E-state index contributed by atoms with van der Waals surface area (Å²) in [7, 11) is -2.74. The maximum atomic E-state index is 12.5. The lowest BCUT2D eigenvalue weighted by Gasteiger charge is -2.24. The van der Waals surface area contributed by atoms with Crippen molar-refractivity contribution >= 4 is 21.6 Å². The summed E-state index contributed by atoms with van der Waals surface area (Å²) in [6.07, 6.45) is 0. The first kappa shape index (κ1) is 19.8. The molecule has 0 bridgehead atoms. The number of rotatable bonds is 8. The van der Waals surface area contributed by atoms with Crippen molar-refractivity contribution in [2.24, 2.45) is 0 Å². The van der Waals surface area contributed by atoms with Gasteiger partial charge in [-0.15, -0.1) is 0 Å². The molecule has 0 aliphatic rings. The third-order valence-electron chi connectivity index (χ3n) is 3.29. The van der Waals surface area contributed by atoms with E-state index in [2.05, 4.69) is 6.58 Å². The quantitative estimate of drug-likeness (QED) is 0.401. The number of sulfonamides is 1. The molecule has 0 saturated carbocycles. The number of nitro groups is 1. The minimum atomic E-state index is -4.00. The monoisotopic (exact) mass is 355 g/mol. The average Bonchev–Trinajstić information content (AvgIpc) is 2.52. The summed E-state index contributed by atoms with van der Waals surface area (Å²) in [5.74, 6) is -0.364. The highest BCUT2D eigenvalue weighted by atomic mass is 32.2. The molecule has 0 aliphatic carbocycles. The molecule has 1 amide bonds. The van der Waals surface area contributed by atoms with E-state index in [1.807, 2.05) is 0 Å². The Hall–Kier alpha value is -2.26. The number of hydrogen-bond acceptors (Lipinski definition) is 5. The van der Waals surface area contributed by atoms with Crippen molar-refractivity contribution in [2.45, 2.75) is 18.7 Å². The molecule has 0 unspecified atom stereocenters. The molecule has 0 spiro atoms. The fourth-order valence-electron chi connectivity index (χ4n) is 2.02. The van der Waals surface area contributed by atoms with E-state index in [0.29, 0.717) is 13.1 Å². The molecule has 0 fully saturated rings. The van der Waals surface area contributed by atoms with Gasteiger partial charge in [-0.2, -0.15) is 4.31 Å². The number of benzene rings is 1. The molecule has 0 radical (unpaired) electrons. The van der Waals surface area contributed by atoms with Gasteiger partial charge in [-0.25, -0.2) is 8.42 Å². The van der Waals surface area contributed by atoms with Crippen molar-refractivity contribution in [3.8, 4) is 0 Å². The van der Waals surface area contributed by atoms with Crippen molar-refractivity contribution in [3.05, 3.63) is 46.5 Å². The summed E-state index contributed by atoms with van der Waals surface area (Å²) in [6.45, 7) is 7.72. The Morgan fingerprint density at radius 3 is 2.46 bits per heavy atom. The molecule has 24 heavy (non-hydrogen) atoms. The van der Waals surface area contributed by atoms with Gasteiger partial charge in [0.05, 0.1) is 16.4 Å². The van der Waals surface area contributed by atoms with Crippen LogP contribution in [0.1, 0.15) is 13.8 Å². The van der Waals surface area contributed by atoms with Crippen LogP contribution in [0.25, 0.3) is 0 Å². The number of carbonyl (C=O) groups is 1. The molecule has 1 aromatic rings. The third-order valence-corrected chi connectivity index (χ3v) is 5.09. The zero-order chi connectivity index (χ0) is 18.5. The van der Waals surface area contributed by atoms with Crippen molar-refractivity contribution in [1.29, 1.82) is 0 Å². The Labute approximate surface area is 141 Å². The SMILES string of the molecule is C=C(C)CN(CC)C(=O)CN(C)S(=O)(=O)c1cccc([N+](=O)[O-])c1. The summed E-state index contributed by atoms with van der Waals surface area (Å²) in [6, 6.07) is 4.73. The second kappa shape index (κ2) is 8.02. The first-order valence-corrected chi connectivity index (χ1v) is 8.66. The van der Waals surface area contributed by atoms with E-state index >= 15 is 0 Å². The van der Waals surface area contributed by atoms with Crippen molar-refractivity contribution in [1.82, 2.24) is 9.21 Å². The zero-order valence-corrected chi connectivity index (χ0v) is 14.7. The van der Waals surface area contributed by atoms with Gasteiger partial charge in [-0.3, -0.25) is 14.9 Å². The van der Waals surface area contributed by atoms with Crippen molar-refractivity contribution in [2.75, 3.05) is 26.7 Å². The van der Waals surface area contributed by atoms with Crippen LogP contribution in [-0.4, -0.2) is 55.1 Å². The Bertz CT molecular complexity index is 745. The lowest BCUT2D eigenvalue weighted by atomic mass is 10.3. The van der Waals surface area contributed by atoms with Crippen LogP contribution in [-0.2, 0) is 14.8 Å². The average molecular weight is 355 g/mol. The van der Waals surface area contributed by atoms with Gasteiger partial charge in [0.1, 0.15) is 0 Å². The Morgan fingerprint density at radius 2 is 1.96 bits per heavy atom. The van der Waals surface area contributed by atoms with Gasteiger partial charge in [-0.1, -0.05) is 18.2 Å². The van der Waals surface area contributed by atoms with Crippen LogP contribution >= 0.6 is 0 Å². The molecule has 9 heteroatoms. The molecule has 0 aromatic heterocycles. The highest BCUT2D eigenvalue weighted by Crippen LogP contribution is 2.20. The second-order valence-corrected chi connectivity index (χ2v) is 7.43. The van der Waals surface area contributed by atoms with E-state index in [9.17, 15) is 23.3 Å². The van der Waals surface area contributed by atoms with Crippen LogP contribution in [0.5, 0.6) is 0 Å². The van der Waals surface area contributed by atoms with Crippen LogP contribution in [0.4, 0.5) is 5.69 Å². The summed E-state index contributed by atoms with van der Waals surface area (Å²) in [5.41, 5.74) is 0.461. The molecule has 0 atom stereocenters. The molecular formula is C15H21N3O5S. The standard InChI is InChI=1S/C15H21N3O5S/c1-5-17(10-12(2)3)15(19)11-16(4)24(22,23)14-8-6-7-13(9-14)18(20)21/h6-9H,2,5,10-11H2,1,3-4H3. The van der Waals surface area contributed by atoms with Gasteiger partial charge in [-0.05, 0) is 19.9 Å². The topological polar surface area (TPSA) is 101 Å². The van der Waals surface area contributed by atoms with Crippen LogP contribution in [0.3, 0.4) is 0 Å². The predicted octanol–water partition coefficient (Wildman–Crippen LogP) is 1.64. The number of nitro benzene ring substituents is 1. The van der Waals surface area contributed by atoms with Gasteiger partial charge >= 0.3 is 0 Å². The van der Waals surface area contributed by atoms with Crippen LogP contribution in [0.2, 0.25) is 0 Å². The van der Waals surface area contributed by atoms with E-state index in [-0.39, 0.29) is 23.0 Å². The fraction of sp³-hybridized carbons (Fsp3) is 0.400. The molecule has 8 nitrogen and oxygen atoms in total. The van der Waals surface area contributed by atoms with Gasteiger partial charge in [0, 0.05) is 32.3 Å². The van der Waals surface area contributed by atoms with Gasteiger partial charge < -0.3 is 4.90 Å². The highest BCUT2D eigenvalue weighted by molar-refractivity contribution is 7.89. The lowest BCUT2D eigenvalue weighted by molar-refractivity contribution is -0.385. The zero-order valence-electron chi connectivity index (χ0n) is 13.9. The number of amides is 1. The summed E-state index contributed by atoms with van der Waals surface area (Å²) in [5, 5.41) is 10.8. The summed E-state index contributed by atoms with van der Waals surface area (Å²) < 4.78 is 25.9. The number of likely N-dealkylation sites (N-methyl/N-ethyl adjacent to an activating group) is 2. The van der Waals surface area contributed by atoms with E-state index in [1.54, 1.807) is 13.8 Å². The Balaban J connectivity index is 2.98. The number of nitrogens with zero attached hydrogens (tertiary/aromatic N) is 3. The van der Waals surface area contributed by atoms with E-state index in [0.717, 1.165) is 15.9 Å².